The van der Waals surface area contributed by atoms with Crippen LogP contribution in [0.25, 0.3) is 16.7 Å². The molecule has 0 fully saturated rings. The quantitative estimate of drug-likeness (QED) is 0.500. The molecular weight excluding hydrogens is 350 g/mol. The molecule has 0 radical (unpaired) electrons. The zero-order valence-electron chi connectivity index (χ0n) is 16.5. The molecule has 0 aliphatic heterocycles. The third-order valence-electron chi connectivity index (χ3n) is 5.93. The summed E-state index contributed by atoms with van der Waals surface area (Å²) in [6, 6.07) is 28.5. The van der Waals surface area contributed by atoms with Crippen LogP contribution in [0.1, 0.15) is 30.0 Å². The summed E-state index contributed by atoms with van der Waals surface area (Å²) in [4.78, 5) is 0. The first-order chi connectivity index (χ1) is 14.4. The third-order valence-corrected chi connectivity index (χ3v) is 5.93. The van der Waals surface area contributed by atoms with Crippen molar-refractivity contribution in [1.82, 2.24) is 0 Å². The lowest BCUT2D eigenvalue weighted by Gasteiger charge is -2.30. The van der Waals surface area contributed by atoms with Crippen LogP contribution in [0.5, 0.6) is 0 Å². The normalized spacial score (nSPS) is 20.1. The van der Waals surface area contributed by atoms with Gasteiger partial charge in [-0.25, -0.2) is 0 Å². The number of fused-ring (bicyclic) bond motifs is 1. The average Bonchev–Trinajstić information content (AvgIpc) is 2.81. The predicted molar refractivity (Wildman–Crippen MR) is 124 cm³/mol. The summed E-state index contributed by atoms with van der Waals surface area (Å²) in [5.74, 6) is 0.493. The second-order valence-electron chi connectivity index (χ2n) is 7.78. The van der Waals surface area contributed by atoms with Gasteiger partial charge in [0, 0.05) is 11.6 Å². The van der Waals surface area contributed by atoms with Crippen LogP contribution in [-0.2, 0) is 0 Å². The highest BCUT2D eigenvalue weighted by Crippen LogP contribution is 2.40. The van der Waals surface area contributed by atoms with E-state index in [0.29, 0.717) is 12.0 Å². The van der Waals surface area contributed by atoms with E-state index >= 15 is 0 Å². The Bertz CT molecular complexity index is 1070. The highest BCUT2D eigenvalue weighted by atomic mass is 14.9. The number of hydrogen-bond acceptors (Lipinski definition) is 1. The van der Waals surface area contributed by atoms with Crippen molar-refractivity contribution in [1.29, 1.82) is 0 Å². The number of hydrogen-bond donors (Lipinski definition) is 1. The van der Waals surface area contributed by atoms with Crippen molar-refractivity contribution >= 4 is 11.3 Å². The molecule has 0 heterocycles. The smallest absolute Gasteiger partial charge is 0.0554 e. The highest BCUT2D eigenvalue weighted by Gasteiger charge is 2.24. The van der Waals surface area contributed by atoms with Crippen LogP contribution < -0.4 is 5.32 Å². The Hall–Kier alpha value is -3.32. The average molecular weight is 376 g/mol. The van der Waals surface area contributed by atoms with Crippen LogP contribution in [0.3, 0.4) is 0 Å². The summed E-state index contributed by atoms with van der Waals surface area (Å²) in [5, 5.41) is 3.76. The number of allylic oxidation sites excluding steroid dienone is 5. The van der Waals surface area contributed by atoms with Gasteiger partial charge in [-0.1, -0.05) is 97.1 Å². The largest absolute Gasteiger partial charge is 0.378 e. The van der Waals surface area contributed by atoms with Crippen LogP contribution in [0.15, 0.2) is 109 Å². The second-order valence-corrected chi connectivity index (χ2v) is 7.78. The molecule has 2 aliphatic rings. The molecule has 2 atom stereocenters. The fourth-order valence-corrected chi connectivity index (χ4v) is 4.44. The van der Waals surface area contributed by atoms with Crippen molar-refractivity contribution in [3.8, 4) is 11.1 Å². The van der Waals surface area contributed by atoms with Crippen LogP contribution in [0.4, 0.5) is 5.69 Å². The van der Waals surface area contributed by atoms with Gasteiger partial charge in [-0.15, -0.1) is 0 Å². The van der Waals surface area contributed by atoms with E-state index in [9.17, 15) is 0 Å². The van der Waals surface area contributed by atoms with Crippen LogP contribution in [0.2, 0.25) is 0 Å². The maximum atomic E-state index is 3.76. The Morgan fingerprint density at radius 1 is 0.690 bits per heavy atom. The molecule has 2 aliphatic carbocycles. The van der Waals surface area contributed by atoms with Gasteiger partial charge in [0.25, 0.3) is 0 Å². The van der Waals surface area contributed by atoms with Crippen LogP contribution >= 0.6 is 0 Å². The van der Waals surface area contributed by atoms with E-state index < -0.39 is 0 Å². The van der Waals surface area contributed by atoms with Gasteiger partial charge in [0.1, 0.15) is 0 Å². The predicted octanol–water partition coefficient (Wildman–Crippen LogP) is 7.43. The fourth-order valence-electron chi connectivity index (χ4n) is 4.44. The van der Waals surface area contributed by atoms with E-state index in [4.69, 9.17) is 0 Å². The molecule has 29 heavy (non-hydrogen) atoms. The van der Waals surface area contributed by atoms with Crippen molar-refractivity contribution in [2.24, 2.45) is 5.92 Å². The zero-order chi connectivity index (χ0) is 19.5. The van der Waals surface area contributed by atoms with Gasteiger partial charge < -0.3 is 5.32 Å². The number of rotatable bonds is 4. The Morgan fingerprint density at radius 3 is 2.24 bits per heavy atom. The summed E-state index contributed by atoms with van der Waals surface area (Å²) < 4.78 is 0. The summed E-state index contributed by atoms with van der Waals surface area (Å²) in [5.41, 5.74) is 7.94. The lowest BCUT2D eigenvalue weighted by atomic mass is 9.79. The van der Waals surface area contributed by atoms with Crippen molar-refractivity contribution < 1.29 is 0 Å². The number of nitrogens with one attached hydrogen (secondary N) is 1. The molecular formula is C28H25N. The summed E-state index contributed by atoms with van der Waals surface area (Å²) in [6.45, 7) is 0. The summed E-state index contributed by atoms with van der Waals surface area (Å²) in [7, 11) is 0. The second kappa shape index (κ2) is 7.97. The minimum Gasteiger partial charge on any atom is -0.378 e. The van der Waals surface area contributed by atoms with Gasteiger partial charge >= 0.3 is 0 Å². The number of anilines is 1. The van der Waals surface area contributed by atoms with Crippen LogP contribution in [0, 0.1) is 5.92 Å². The lowest BCUT2D eigenvalue weighted by molar-refractivity contribution is 0.756. The molecule has 0 bridgehead atoms. The summed E-state index contributed by atoms with van der Waals surface area (Å²) in [6.07, 6.45) is 13.5. The third kappa shape index (κ3) is 3.69. The minimum atomic E-state index is 0.306. The van der Waals surface area contributed by atoms with Crippen molar-refractivity contribution in [3.05, 3.63) is 120 Å². The molecule has 2 unspecified atom stereocenters. The van der Waals surface area contributed by atoms with E-state index in [1.165, 1.54) is 33.5 Å². The standard InChI is InChI=1S/C28H25N/c1-3-9-21(10-4-1)22-15-17-24(18-16-22)29-28-20-19-25(23-11-5-2-6-12-23)26-13-7-8-14-27(26)28/h1-11,13-19,23,28-29H,12,20H2. The number of benzene rings is 3. The molecule has 1 N–H and O–H groups in total. The minimum absolute atomic E-state index is 0.306. The van der Waals surface area contributed by atoms with Gasteiger partial charge in [0.15, 0.2) is 0 Å². The first-order valence-electron chi connectivity index (χ1n) is 10.4. The maximum Gasteiger partial charge on any atom is 0.0554 e. The molecule has 0 spiro atoms. The SMILES string of the molecule is C1=CCC(C2=CCC(Nc3ccc(-c4ccccc4)cc3)c3ccccc32)C=C1. The Kier molecular flexibility index (Phi) is 4.88. The molecule has 142 valence electrons. The Balaban J connectivity index is 1.38. The topological polar surface area (TPSA) is 12.0 Å². The fraction of sp³-hybridized carbons (Fsp3) is 0.143. The molecule has 1 heteroatoms. The van der Waals surface area contributed by atoms with E-state index in [2.05, 4.69) is 115 Å². The van der Waals surface area contributed by atoms with Gasteiger partial charge in [0.2, 0.25) is 0 Å². The first kappa shape index (κ1) is 17.8. The lowest BCUT2D eigenvalue weighted by Crippen LogP contribution is -2.17. The molecule has 0 amide bonds. The maximum absolute atomic E-state index is 3.76. The molecule has 0 saturated heterocycles. The first-order valence-corrected chi connectivity index (χ1v) is 10.4. The monoisotopic (exact) mass is 375 g/mol. The molecule has 5 rings (SSSR count). The van der Waals surface area contributed by atoms with E-state index in [-0.39, 0.29) is 0 Å². The van der Waals surface area contributed by atoms with Gasteiger partial charge in [-0.2, -0.15) is 0 Å². The van der Waals surface area contributed by atoms with Crippen LogP contribution in [-0.4, -0.2) is 0 Å². The van der Waals surface area contributed by atoms with E-state index in [1.54, 1.807) is 0 Å². The Morgan fingerprint density at radius 2 is 1.45 bits per heavy atom. The van der Waals surface area contributed by atoms with Gasteiger partial charge in [-0.05, 0) is 52.8 Å². The van der Waals surface area contributed by atoms with E-state index in [1.807, 2.05) is 0 Å². The van der Waals surface area contributed by atoms with Crippen molar-refractivity contribution in [2.75, 3.05) is 5.32 Å². The van der Waals surface area contributed by atoms with Crippen molar-refractivity contribution in [3.63, 3.8) is 0 Å². The van der Waals surface area contributed by atoms with Crippen molar-refractivity contribution in [2.45, 2.75) is 18.9 Å². The van der Waals surface area contributed by atoms with Gasteiger partial charge in [0.05, 0.1) is 6.04 Å². The van der Waals surface area contributed by atoms with Gasteiger partial charge in [-0.3, -0.25) is 0 Å². The molecule has 0 aromatic heterocycles. The highest BCUT2D eigenvalue weighted by molar-refractivity contribution is 5.75. The summed E-state index contributed by atoms with van der Waals surface area (Å²) >= 11 is 0. The molecule has 3 aromatic rings. The molecule has 0 saturated carbocycles. The van der Waals surface area contributed by atoms with E-state index in [0.717, 1.165) is 12.8 Å². The molecule has 1 nitrogen and oxygen atoms in total. The Labute approximate surface area is 173 Å². The zero-order valence-corrected chi connectivity index (χ0v) is 16.5. The molecule has 3 aromatic carbocycles.